The Hall–Kier alpha value is -1.06. The van der Waals surface area contributed by atoms with E-state index in [-0.39, 0.29) is 0 Å². The minimum Gasteiger partial charge on any atom is -0.330 e. The average Bonchev–Trinajstić information content (AvgIpc) is 2.53. The summed E-state index contributed by atoms with van der Waals surface area (Å²) in [6.45, 7) is 2.71. The van der Waals surface area contributed by atoms with Gasteiger partial charge >= 0.3 is 0 Å². The van der Waals surface area contributed by atoms with Crippen molar-refractivity contribution in [2.75, 3.05) is 6.54 Å². The molecule has 0 aliphatic carbocycles. The van der Waals surface area contributed by atoms with Gasteiger partial charge in [0.05, 0.1) is 16.2 Å². The number of nitrogens with zero attached hydrogens (tertiary/aromatic N) is 2. The van der Waals surface area contributed by atoms with Crippen molar-refractivity contribution in [1.29, 1.82) is 0 Å². The van der Waals surface area contributed by atoms with Crippen molar-refractivity contribution in [2.24, 2.45) is 5.73 Å². The topological polar surface area (TPSA) is 43.3 Å². The van der Waals surface area contributed by atoms with Gasteiger partial charge in [0.2, 0.25) is 0 Å². The zero-order valence-corrected chi connectivity index (χ0v) is 9.46. The van der Waals surface area contributed by atoms with Gasteiger partial charge in [-0.15, -0.1) is 0 Å². The second-order valence-electron chi connectivity index (χ2n) is 3.69. The first-order valence-electron chi connectivity index (χ1n) is 5.06. The Balaban J connectivity index is 2.45. The summed E-state index contributed by atoms with van der Waals surface area (Å²) in [6.07, 6.45) is 3.70. The Bertz CT molecular complexity index is 476. The summed E-state index contributed by atoms with van der Waals surface area (Å²) in [5.74, 6) is 0. The molecular formula is C11H14ClN3. The molecule has 80 valence electrons. The third-order valence-corrected chi connectivity index (χ3v) is 2.83. The first-order chi connectivity index (χ1) is 7.22. The molecule has 0 aliphatic heterocycles. The summed E-state index contributed by atoms with van der Waals surface area (Å²) in [7, 11) is 0. The predicted octanol–water partition coefficient (Wildman–Crippen LogP) is 2.19. The fourth-order valence-electron chi connectivity index (χ4n) is 1.60. The van der Waals surface area contributed by atoms with E-state index in [4.69, 9.17) is 17.3 Å². The van der Waals surface area contributed by atoms with Gasteiger partial charge in [0, 0.05) is 6.20 Å². The van der Waals surface area contributed by atoms with Crippen LogP contribution in [0.25, 0.3) is 5.52 Å². The van der Waals surface area contributed by atoms with Gasteiger partial charge in [-0.25, -0.2) is 4.52 Å². The zero-order chi connectivity index (χ0) is 10.8. The molecular weight excluding hydrogens is 210 g/mol. The van der Waals surface area contributed by atoms with Crippen LogP contribution in [0.15, 0.2) is 18.3 Å². The van der Waals surface area contributed by atoms with Crippen molar-refractivity contribution in [2.45, 2.75) is 19.8 Å². The van der Waals surface area contributed by atoms with E-state index >= 15 is 0 Å². The molecule has 0 fully saturated rings. The van der Waals surface area contributed by atoms with E-state index in [0.717, 1.165) is 29.1 Å². The minimum atomic E-state index is 0.670. The maximum Gasteiger partial charge on any atom is 0.0896 e. The number of aryl methyl sites for hydroxylation is 2. The van der Waals surface area contributed by atoms with Gasteiger partial charge in [-0.2, -0.15) is 5.10 Å². The lowest BCUT2D eigenvalue weighted by Gasteiger charge is -1.94. The maximum atomic E-state index is 6.24. The Morgan fingerprint density at radius 1 is 1.53 bits per heavy atom. The number of hydrogen-bond donors (Lipinski definition) is 1. The van der Waals surface area contributed by atoms with E-state index in [9.17, 15) is 0 Å². The molecule has 0 saturated heterocycles. The van der Waals surface area contributed by atoms with Gasteiger partial charge in [0.1, 0.15) is 0 Å². The first-order valence-corrected chi connectivity index (χ1v) is 5.43. The molecule has 0 amide bonds. The standard InChI is InChI=1S/C11H14ClN3/c1-8-4-6-15-10(7-8)11(12)9(14-15)3-2-5-13/h4,6-7H,2-3,5,13H2,1H3. The number of fused-ring (bicyclic) bond motifs is 1. The van der Waals surface area contributed by atoms with Crippen LogP contribution in [0, 0.1) is 6.92 Å². The van der Waals surface area contributed by atoms with Gasteiger partial charge < -0.3 is 5.73 Å². The first kappa shape index (κ1) is 10.5. The molecule has 0 aromatic carbocycles. The molecule has 2 aromatic heterocycles. The molecule has 0 bridgehead atoms. The lowest BCUT2D eigenvalue weighted by Crippen LogP contribution is -2.01. The molecule has 15 heavy (non-hydrogen) atoms. The van der Waals surface area contributed by atoms with Gasteiger partial charge in [-0.05, 0) is 44.0 Å². The van der Waals surface area contributed by atoms with E-state index in [1.54, 1.807) is 0 Å². The molecule has 0 aliphatic rings. The number of rotatable bonds is 3. The number of nitrogens with two attached hydrogens (primary N) is 1. The minimum absolute atomic E-state index is 0.670. The molecule has 2 rings (SSSR count). The van der Waals surface area contributed by atoms with Crippen LogP contribution in [-0.4, -0.2) is 16.2 Å². The number of pyridine rings is 1. The highest BCUT2D eigenvalue weighted by atomic mass is 35.5. The molecule has 0 spiro atoms. The maximum absolute atomic E-state index is 6.24. The molecule has 0 saturated carbocycles. The van der Waals surface area contributed by atoms with Crippen molar-refractivity contribution < 1.29 is 0 Å². The zero-order valence-electron chi connectivity index (χ0n) is 8.70. The third kappa shape index (κ3) is 1.98. The second kappa shape index (κ2) is 4.21. The highest BCUT2D eigenvalue weighted by Gasteiger charge is 2.09. The Labute approximate surface area is 93.8 Å². The van der Waals surface area contributed by atoms with Crippen LogP contribution >= 0.6 is 11.6 Å². The number of aromatic nitrogens is 2. The van der Waals surface area contributed by atoms with Crippen LogP contribution in [0.5, 0.6) is 0 Å². The monoisotopic (exact) mass is 223 g/mol. The Morgan fingerprint density at radius 3 is 3.07 bits per heavy atom. The van der Waals surface area contributed by atoms with Crippen LogP contribution in [0.2, 0.25) is 5.02 Å². The summed E-state index contributed by atoms with van der Waals surface area (Å²) in [6, 6.07) is 4.06. The van der Waals surface area contributed by atoms with Crippen molar-refractivity contribution in [1.82, 2.24) is 9.61 Å². The highest BCUT2D eigenvalue weighted by Crippen LogP contribution is 2.23. The fourth-order valence-corrected chi connectivity index (χ4v) is 1.87. The van der Waals surface area contributed by atoms with E-state index in [2.05, 4.69) is 5.10 Å². The quantitative estimate of drug-likeness (QED) is 0.867. The third-order valence-electron chi connectivity index (χ3n) is 2.41. The van der Waals surface area contributed by atoms with Crippen molar-refractivity contribution >= 4 is 17.1 Å². The molecule has 0 radical (unpaired) electrons. The Kier molecular flexibility index (Phi) is 2.93. The summed E-state index contributed by atoms with van der Waals surface area (Å²) in [5.41, 5.74) is 8.57. The molecule has 2 heterocycles. The van der Waals surface area contributed by atoms with Crippen LogP contribution in [0.4, 0.5) is 0 Å². The SMILES string of the molecule is Cc1ccn2nc(CCCN)c(Cl)c2c1. The smallest absolute Gasteiger partial charge is 0.0896 e. The van der Waals surface area contributed by atoms with Crippen LogP contribution in [-0.2, 0) is 6.42 Å². The fraction of sp³-hybridized carbons (Fsp3) is 0.364. The van der Waals surface area contributed by atoms with E-state index in [1.165, 1.54) is 5.56 Å². The molecule has 3 nitrogen and oxygen atoms in total. The van der Waals surface area contributed by atoms with E-state index in [1.807, 2.05) is 29.8 Å². The highest BCUT2D eigenvalue weighted by molar-refractivity contribution is 6.34. The molecule has 4 heteroatoms. The summed E-state index contributed by atoms with van der Waals surface area (Å²) < 4.78 is 1.82. The number of hydrogen-bond acceptors (Lipinski definition) is 2. The predicted molar refractivity (Wildman–Crippen MR) is 62.3 cm³/mol. The van der Waals surface area contributed by atoms with Crippen LogP contribution in [0.1, 0.15) is 17.7 Å². The van der Waals surface area contributed by atoms with Gasteiger partial charge in [-0.3, -0.25) is 0 Å². The van der Waals surface area contributed by atoms with Crippen molar-refractivity contribution in [3.8, 4) is 0 Å². The molecule has 2 N–H and O–H groups in total. The summed E-state index contributed by atoms with van der Waals surface area (Å²) in [4.78, 5) is 0. The molecule has 0 unspecified atom stereocenters. The largest absolute Gasteiger partial charge is 0.330 e. The molecule has 0 atom stereocenters. The second-order valence-corrected chi connectivity index (χ2v) is 4.06. The van der Waals surface area contributed by atoms with Gasteiger partial charge in [-0.1, -0.05) is 11.6 Å². The van der Waals surface area contributed by atoms with Crippen LogP contribution in [0.3, 0.4) is 0 Å². The summed E-state index contributed by atoms with van der Waals surface area (Å²) >= 11 is 6.24. The normalized spacial score (nSPS) is 11.1. The lowest BCUT2D eigenvalue weighted by molar-refractivity contribution is 0.789. The van der Waals surface area contributed by atoms with Gasteiger partial charge in [0.15, 0.2) is 0 Å². The van der Waals surface area contributed by atoms with Crippen LogP contribution < -0.4 is 5.73 Å². The molecule has 2 aromatic rings. The van der Waals surface area contributed by atoms with Crippen molar-refractivity contribution in [3.63, 3.8) is 0 Å². The van der Waals surface area contributed by atoms with Crippen molar-refractivity contribution in [3.05, 3.63) is 34.6 Å². The van der Waals surface area contributed by atoms with E-state index in [0.29, 0.717) is 6.54 Å². The lowest BCUT2D eigenvalue weighted by atomic mass is 10.2. The average molecular weight is 224 g/mol. The number of halogens is 1. The summed E-state index contributed by atoms with van der Waals surface area (Å²) in [5, 5.41) is 5.18. The Morgan fingerprint density at radius 2 is 2.33 bits per heavy atom. The van der Waals surface area contributed by atoms with E-state index < -0.39 is 0 Å². The van der Waals surface area contributed by atoms with Gasteiger partial charge in [0.25, 0.3) is 0 Å².